The Labute approximate surface area is 108 Å². The van der Waals surface area contributed by atoms with Crippen molar-refractivity contribution in [1.82, 2.24) is 0 Å². The van der Waals surface area contributed by atoms with E-state index in [2.05, 4.69) is 15.9 Å². The number of rotatable bonds is 3. The molecular formula is C14H12BrFO. The lowest BCUT2D eigenvalue weighted by molar-refractivity contribution is 0.386. The molecule has 0 aliphatic carbocycles. The Balaban J connectivity index is 2.32. The second kappa shape index (κ2) is 5.32. The first kappa shape index (κ1) is 12.1. The van der Waals surface area contributed by atoms with Crippen LogP contribution in [-0.4, -0.2) is 7.11 Å². The van der Waals surface area contributed by atoms with Crippen LogP contribution in [0.5, 0.6) is 5.75 Å². The van der Waals surface area contributed by atoms with Crippen molar-refractivity contribution < 1.29 is 9.13 Å². The number of methoxy groups -OCH3 is 1. The minimum Gasteiger partial charge on any atom is -0.494 e. The first-order valence-electron chi connectivity index (χ1n) is 5.25. The Hall–Kier alpha value is -1.35. The van der Waals surface area contributed by atoms with Gasteiger partial charge in [0.15, 0.2) is 11.6 Å². The van der Waals surface area contributed by atoms with Crippen molar-refractivity contribution in [1.29, 1.82) is 0 Å². The van der Waals surface area contributed by atoms with Gasteiger partial charge in [0.05, 0.1) is 11.9 Å². The van der Waals surface area contributed by atoms with Crippen LogP contribution in [0.2, 0.25) is 0 Å². The van der Waals surface area contributed by atoms with E-state index in [0.29, 0.717) is 0 Å². The molecule has 0 saturated carbocycles. The fraction of sp³-hybridized carbons (Fsp3) is 0.143. The number of ether oxygens (including phenoxy) is 1. The summed E-state index contributed by atoms with van der Waals surface area (Å²) in [6.07, 6.45) is 0. The van der Waals surface area contributed by atoms with Gasteiger partial charge in [0, 0.05) is 0 Å². The van der Waals surface area contributed by atoms with Crippen molar-refractivity contribution in [2.24, 2.45) is 0 Å². The maximum Gasteiger partial charge on any atom is 0.165 e. The predicted molar refractivity (Wildman–Crippen MR) is 70.2 cm³/mol. The van der Waals surface area contributed by atoms with Crippen LogP contribution in [0.15, 0.2) is 48.5 Å². The van der Waals surface area contributed by atoms with Crippen molar-refractivity contribution in [2.75, 3.05) is 7.11 Å². The second-order valence-electron chi connectivity index (χ2n) is 3.67. The van der Waals surface area contributed by atoms with Gasteiger partial charge in [0.25, 0.3) is 0 Å². The molecule has 0 aliphatic heterocycles. The van der Waals surface area contributed by atoms with E-state index in [9.17, 15) is 4.39 Å². The standard InChI is InChI=1S/C14H12BrFO/c1-17-13-8-7-11(9-12(13)16)14(15)10-5-3-2-4-6-10/h2-9,14H,1H3. The zero-order valence-corrected chi connectivity index (χ0v) is 10.9. The fourth-order valence-corrected chi connectivity index (χ4v) is 2.24. The molecule has 0 saturated heterocycles. The largest absolute Gasteiger partial charge is 0.494 e. The Morgan fingerprint density at radius 3 is 2.35 bits per heavy atom. The molecule has 88 valence electrons. The summed E-state index contributed by atoms with van der Waals surface area (Å²) in [5.41, 5.74) is 1.96. The Kier molecular flexibility index (Phi) is 3.79. The van der Waals surface area contributed by atoms with Crippen molar-refractivity contribution in [2.45, 2.75) is 4.83 Å². The third-order valence-electron chi connectivity index (χ3n) is 2.56. The summed E-state index contributed by atoms with van der Waals surface area (Å²) in [4.78, 5) is -0.0101. The van der Waals surface area contributed by atoms with E-state index >= 15 is 0 Å². The second-order valence-corrected chi connectivity index (χ2v) is 4.58. The molecule has 0 amide bonds. The van der Waals surface area contributed by atoms with Gasteiger partial charge in [-0.25, -0.2) is 4.39 Å². The average molecular weight is 295 g/mol. The number of hydrogen-bond donors (Lipinski definition) is 0. The maximum atomic E-state index is 13.6. The van der Waals surface area contributed by atoms with Crippen LogP contribution >= 0.6 is 15.9 Å². The van der Waals surface area contributed by atoms with Gasteiger partial charge in [-0.2, -0.15) is 0 Å². The summed E-state index contributed by atoms with van der Waals surface area (Å²) in [7, 11) is 1.46. The first-order valence-corrected chi connectivity index (χ1v) is 6.16. The molecular weight excluding hydrogens is 283 g/mol. The normalized spacial score (nSPS) is 12.2. The summed E-state index contributed by atoms with van der Waals surface area (Å²) >= 11 is 3.57. The lowest BCUT2D eigenvalue weighted by Crippen LogP contribution is -1.95. The highest BCUT2D eigenvalue weighted by Crippen LogP contribution is 2.32. The minimum absolute atomic E-state index is 0.0101. The van der Waals surface area contributed by atoms with Crippen molar-refractivity contribution >= 4 is 15.9 Å². The fourth-order valence-electron chi connectivity index (χ4n) is 1.65. The summed E-state index contributed by atoms with van der Waals surface area (Å²) < 4.78 is 18.5. The van der Waals surface area contributed by atoms with Crippen molar-refractivity contribution in [3.63, 3.8) is 0 Å². The summed E-state index contributed by atoms with van der Waals surface area (Å²) in [6.45, 7) is 0. The number of hydrogen-bond acceptors (Lipinski definition) is 1. The van der Waals surface area contributed by atoms with Gasteiger partial charge < -0.3 is 4.74 Å². The molecule has 0 radical (unpaired) electrons. The van der Waals surface area contributed by atoms with Crippen LogP contribution in [-0.2, 0) is 0 Å². The highest BCUT2D eigenvalue weighted by Gasteiger charge is 2.12. The van der Waals surface area contributed by atoms with E-state index in [0.717, 1.165) is 11.1 Å². The van der Waals surface area contributed by atoms with E-state index in [1.54, 1.807) is 6.07 Å². The highest BCUT2D eigenvalue weighted by molar-refractivity contribution is 9.09. The molecule has 1 nitrogen and oxygen atoms in total. The molecule has 0 spiro atoms. The van der Waals surface area contributed by atoms with E-state index < -0.39 is 0 Å². The van der Waals surface area contributed by atoms with Gasteiger partial charge in [-0.1, -0.05) is 52.3 Å². The van der Waals surface area contributed by atoms with E-state index in [1.807, 2.05) is 36.4 Å². The van der Waals surface area contributed by atoms with Crippen LogP contribution in [0.1, 0.15) is 16.0 Å². The Bertz CT molecular complexity index is 499. The first-order chi connectivity index (χ1) is 8.22. The molecule has 0 aromatic heterocycles. The van der Waals surface area contributed by atoms with Gasteiger partial charge in [-0.3, -0.25) is 0 Å². The van der Waals surface area contributed by atoms with Gasteiger partial charge >= 0.3 is 0 Å². The maximum absolute atomic E-state index is 13.6. The Morgan fingerprint density at radius 1 is 1.06 bits per heavy atom. The molecule has 2 rings (SSSR count). The van der Waals surface area contributed by atoms with Crippen LogP contribution in [0.4, 0.5) is 4.39 Å². The molecule has 17 heavy (non-hydrogen) atoms. The lowest BCUT2D eigenvalue weighted by atomic mass is 10.0. The quantitative estimate of drug-likeness (QED) is 0.766. The average Bonchev–Trinajstić information content (AvgIpc) is 2.39. The van der Waals surface area contributed by atoms with E-state index in [4.69, 9.17) is 4.74 Å². The summed E-state index contributed by atoms with van der Waals surface area (Å²) in [5.74, 6) is -0.0770. The Morgan fingerprint density at radius 2 is 1.76 bits per heavy atom. The van der Waals surface area contributed by atoms with Crippen LogP contribution < -0.4 is 4.74 Å². The summed E-state index contributed by atoms with van der Waals surface area (Å²) in [6, 6.07) is 14.9. The predicted octanol–water partition coefficient (Wildman–Crippen LogP) is 4.32. The SMILES string of the molecule is COc1ccc(C(Br)c2ccccc2)cc1F. The molecule has 0 heterocycles. The minimum atomic E-state index is -0.342. The van der Waals surface area contributed by atoms with Crippen molar-refractivity contribution in [3.8, 4) is 5.75 Å². The monoisotopic (exact) mass is 294 g/mol. The molecule has 1 atom stereocenters. The van der Waals surface area contributed by atoms with Crippen LogP contribution in [0.25, 0.3) is 0 Å². The molecule has 2 aromatic rings. The zero-order valence-electron chi connectivity index (χ0n) is 9.36. The highest BCUT2D eigenvalue weighted by atomic mass is 79.9. The number of benzene rings is 2. The molecule has 1 unspecified atom stereocenters. The van der Waals surface area contributed by atoms with Crippen LogP contribution in [0, 0.1) is 5.82 Å². The number of halogens is 2. The van der Waals surface area contributed by atoms with E-state index in [-0.39, 0.29) is 16.4 Å². The molecule has 0 fully saturated rings. The smallest absolute Gasteiger partial charge is 0.165 e. The zero-order chi connectivity index (χ0) is 12.3. The molecule has 3 heteroatoms. The third kappa shape index (κ3) is 2.67. The number of alkyl halides is 1. The molecule has 0 N–H and O–H groups in total. The van der Waals surface area contributed by atoms with Gasteiger partial charge in [0.2, 0.25) is 0 Å². The molecule has 0 aliphatic rings. The topological polar surface area (TPSA) is 9.23 Å². The van der Waals surface area contributed by atoms with Crippen LogP contribution in [0.3, 0.4) is 0 Å². The van der Waals surface area contributed by atoms with Gasteiger partial charge in [0.1, 0.15) is 0 Å². The van der Waals surface area contributed by atoms with Gasteiger partial charge in [-0.15, -0.1) is 0 Å². The van der Waals surface area contributed by atoms with Gasteiger partial charge in [-0.05, 0) is 23.3 Å². The molecule has 0 bridgehead atoms. The van der Waals surface area contributed by atoms with Crippen molar-refractivity contribution in [3.05, 3.63) is 65.5 Å². The third-order valence-corrected chi connectivity index (χ3v) is 3.62. The molecule has 2 aromatic carbocycles. The summed E-state index contributed by atoms with van der Waals surface area (Å²) in [5, 5.41) is 0. The lowest BCUT2D eigenvalue weighted by Gasteiger charge is -2.11. The van der Waals surface area contributed by atoms with E-state index in [1.165, 1.54) is 13.2 Å².